The molecule has 0 atom stereocenters. The average molecular weight is 256 g/mol. The zero-order valence-electron chi connectivity index (χ0n) is 11.9. The van der Waals surface area contributed by atoms with Gasteiger partial charge >= 0.3 is 0 Å². The molecule has 0 saturated heterocycles. The Balaban J connectivity index is 2.64. The van der Waals surface area contributed by atoms with Crippen molar-refractivity contribution in [2.24, 2.45) is 0 Å². The number of fused-ring (bicyclic) bond motifs is 1. The molecule has 0 aliphatic heterocycles. The lowest BCUT2D eigenvalue weighted by Crippen LogP contribution is -2.24. The normalized spacial score (nSPS) is 10.9. The van der Waals surface area contributed by atoms with Gasteiger partial charge in [0, 0.05) is 6.54 Å². The summed E-state index contributed by atoms with van der Waals surface area (Å²) in [5.41, 5.74) is 4.81. The number of hydrogen-bond acceptors (Lipinski definition) is 2. The summed E-state index contributed by atoms with van der Waals surface area (Å²) in [6, 6.07) is 4.12. The first-order valence-electron chi connectivity index (χ1n) is 6.64. The predicted molar refractivity (Wildman–Crippen MR) is 79.6 cm³/mol. The number of benzene rings is 1. The Morgan fingerprint density at radius 3 is 2.63 bits per heavy atom. The van der Waals surface area contributed by atoms with Gasteiger partial charge < -0.3 is 4.57 Å². The van der Waals surface area contributed by atoms with Gasteiger partial charge in [-0.15, -0.1) is 6.58 Å². The van der Waals surface area contributed by atoms with E-state index in [0.717, 1.165) is 23.9 Å². The van der Waals surface area contributed by atoms with Crippen molar-refractivity contribution < 1.29 is 0 Å². The van der Waals surface area contributed by atoms with Gasteiger partial charge in [0.25, 0.3) is 5.56 Å². The molecule has 0 saturated carbocycles. The molecule has 0 bridgehead atoms. The molecule has 3 heteroatoms. The van der Waals surface area contributed by atoms with Crippen LogP contribution in [0.15, 0.2) is 29.6 Å². The highest BCUT2D eigenvalue weighted by molar-refractivity contribution is 5.76. The molecule has 100 valence electrons. The van der Waals surface area contributed by atoms with Gasteiger partial charge in [-0.3, -0.25) is 4.79 Å². The number of rotatable bonds is 4. The largest absolute Gasteiger partial charge is 0.305 e. The topological polar surface area (TPSA) is 34.9 Å². The molecule has 0 N–H and O–H groups in total. The molecule has 1 aromatic heterocycles. The fourth-order valence-electron chi connectivity index (χ4n) is 2.24. The molecule has 19 heavy (non-hydrogen) atoms. The number of aryl methyl sites for hydroxylation is 4. The van der Waals surface area contributed by atoms with E-state index in [1.54, 1.807) is 6.92 Å². The molecule has 0 amide bonds. The molecule has 0 aliphatic rings. The molecule has 2 rings (SSSR count). The Kier molecular flexibility index (Phi) is 3.84. The highest BCUT2D eigenvalue weighted by atomic mass is 16.1. The van der Waals surface area contributed by atoms with Crippen molar-refractivity contribution in [1.29, 1.82) is 0 Å². The molecule has 0 fully saturated rings. The lowest BCUT2D eigenvalue weighted by molar-refractivity contribution is 0.643. The fraction of sp³-hybridized carbons (Fsp3) is 0.375. The lowest BCUT2D eigenvalue weighted by Gasteiger charge is -2.12. The highest BCUT2D eigenvalue weighted by Gasteiger charge is 2.09. The van der Waals surface area contributed by atoms with Gasteiger partial charge in [-0.25, -0.2) is 4.98 Å². The van der Waals surface area contributed by atoms with Crippen LogP contribution < -0.4 is 5.56 Å². The highest BCUT2D eigenvalue weighted by Crippen LogP contribution is 2.17. The van der Waals surface area contributed by atoms with Crippen LogP contribution in [-0.2, 0) is 6.54 Å². The molecule has 3 nitrogen and oxygen atoms in total. The Bertz CT molecular complexity index is 683. The van der Waals surface area contributed by atoms with E-state index < -0.39 is 0 Å². The first kappa shape index (κ1) is 13.5. The number of hydrogen-bond donors (Lipinski definition) is 0. The summed E-state index contributed by atoms with van der Waals surface area (Å²) < 4.78 is 1.84. The summed E-state index contributed by atoms with van der Waals surface area (Å²) in [6.45, 7) is 10.3. The number of allylic oxidation sites excluding steroid dienone is 1. The third-order valence-corrected chi connectivity index (χ3v) is 3.51. The lowest BCUT2D eigenvalue weighted by atomic mass is 10.1. The zero-order chi connectivity index (χ0) is 14.0. The minimum Gasteiger partial charge on any atom is -0.305 e. The van der Waals surface area contributed by atoms with E-state index in [-0.39, 0.29) is 5.56 Å². The molecule has 1 heterocycles. The number of aromatic nitrogens is 2. The van der Waals surface area contributed by atoms with Gasteiger partial charge in [0.05, 0.1) is 11.0 Å². The smallest absolute Gasteiger partial charge is 0.272 e. The Morgan fingerprint density at radius 1 is 1.26 bits per heavy atom. The van der Waals surface area contributed by atoms with E-state index >= 15 is 0 Å². The van der Waals surface area contributed by atoms with E-state index in [9.17, 15) is 4.79 Å². The quantitative estimate of drug-likeness (QED) is 0.621. The fourth-order valence-corrected chi connectivity index (χ4v) is 2.24. The van der Waals surface area contributed by atoms with E-state index in [2.05, 4.69) is 37.5 Å². The zero-order valence-corrected chi connectivity index (χ0v) is 11.9. The van der Waals surface area contributed by atoms with Crippen molar-refractivity contribution in [3.8, 4) is 0 Å². The monoisotopic (exact) mass is 256 g/mol. The summed E-state index contributed by atoms with van der Waals surface area (Å²) in [4.78, 5) is 16.7. The first-order valence-corrected chi connectivity index (χ1v) is 6.64. The molecule has 0 unspecified atom stereocenters. The van der Waals surface area contributed by atoms with E-state index in [4.69, 9.17) is 0 Å². The summed E-state index contributed by atoms with van der Waals surface area (Å²) in [5, 5.41) is 0. The molecule has 0 spiro atoms. The SMILES string of the molecule is C=CCCCn1c(=O)c(C)nc2cc(C)c(C)cc21. The maximum Gasteiger partial charge on any atom is 0.272 e. The second kappa shape index (κ2) is 5.39. The Morgan fingerprint density at radius 2 is 1.95 bits per heavy atom. The predicted octanol–water partition coefficient (Wildman–Crippen LogP) is 3.29. The van der Waals surface area contributed by atoms with E-state index in [0.29, 0.717) is 12.2 Å². The third-order valence-electron chi connectivity index (χ3n) is 3.51. The van der Waals surface area contributed by atoms with Crippen LogP contribution >= 0.6 is 0 Å². The van der Waals surface area contributed by atoms with Gasteiger partial charge in [-0.05, 0) is 56.9 Å². The summed E-state index contributed by atoms with van der Waals surface area (Å²) in [5.74, 6) is 0. The van der Waals surface area contributed by atoms with Gasteiger partial charge in [-0.2, -0.15) is 0 Å². The molecule has 0 aliphatic carbocycles. The molecule has 0 radical (unpaired) electrons. The van der Waals surface area contributed by atoms with E-state index in [1.807, 2.05) is 10.6 Å². The molecular weight excluding hydrogens is 236 g/mol. The second-order valence-corrected chi connectivity index (χ2v) is 5.01. The van der Waals surface area contributed by atoms with Crippen molar-refractivity contribution in [3.05, 3.63) is 52.0 Å². The summed E-state index contributed by atoms with van der Waals surface area (Å²) in [7, 11) is 0. The maximum atomic E-state index is 12.2. The van der Waals surface area contributed by atoms with Crippen molar-refractivity contribution in [3.63, 3.8) is 0 Å². The Hall–Kier alpha value is -1.90. The van der Waals surface area contributed by atoms with Crippen LogP contribution in [0.1, 0.15) is 29.7 Å². The van der Waals surface area contributed by atoms with Gasteiger partial charge in [0.2, 0.25) is 0 Å². The minimum absolute atomic E-state index is 0.0137. The molecule has 1 aromatic carbocycles. The second-order valence-electron chi connectivity index (χ2n) is 5.01. The first-order chi connectivity index (χ1) is 9.04. The molecular formula is C16H20N2O. The van der Waals surface area contributed by atoms with Crippen LogP contribution in [0.5, 0.6) is 0 Å². The third kappa shape index (κ3) is 2.60. The van der Waals surface area contributed by atoms with Crippen LogP contribution in [0.3, 0.4) is 0 Å². The minimum atomic E-state index is 0.0137. The summed E-state index contributed by atoms with van der Waals surface area (Å²) >= 11 is 0. The number of nitrogens with zero attached hydrogens (tertiary/aromatic N) is 2. The van der Waals surface area contributed by atoms with Crippen molar-refractivity contribution in [1.82, 2.24) is 9.55 Å². The van der Waals surface area contributed by atoms with Gasteiger partial charge in [0.15, 0.2) is 0 Å². The van der Waals surface area contributed by atoms with Crippen molar-refractivity contribution in [2.45, 2.75) is 40.2 Å². The van der Waals surface area contributed by atoms with E-state index in [1.165, 1.54) is 11.1 Å². The van der Waals surface area contributed by atoms with Crippen molar-refractivity contribution in [2.75, 3.05) is 0 Å². The Labute approximate surface area is 113 Å². The molecule has 2 aromatic rings. The van der Waals surface area contributed by atoms with Crippen LogP contribution in [0.25, 0.3) is 11.0 Å². The number of unbranched alkanes of at least 4 members (excludes halogenated alkanes) is 1. The van der Waals surface area contributed by atoms with Crippen LogP contribution in [0.4, 0.5) is 0 Å². The van der Waals surface area contributed by atoms with Crippen molar-refractivity contribution >= 4 is 11.0 Å². The standard InChI is InChI=1S/C16H20N2O/c1-5-6-7-8-18-15-10-12(3)11(2)9-14(15)17-13(4)16(18)19/h5,9-10H,1,6-8H2,2-4H3. The van der Waals surface area contributed by atoms with Gasteiger partial charge in [-0.1, -0.05) is 6.08 Å². The van der Waals surface area contributed by atoms with Gasteiger partial charge in [0.1, 0.15) is 5.69 Å². The van der Waals surface area contributed by atoms with Crippen LogP contribution in [0.2, 0.25) is 0 Å². The van der Waals surface area contributed by atoms with Crippen LogP contribution in [0, 0.1) is 20.8 Å². The maximum absolute atomic E-state index is 12.2. The average Bonchev–Trinajstić information content (AvgIpc) is 2.37. The van der Waals surface area contributed by atoms with Crippen LogP contribution in [-0.4, -0.2) is 9.55 Å². The summed E-state index contributed by atoms with van der Waals surface area (Å²) in [6.07, 6.45) is 3.73.